The topological polar surface area (TPSA) is 12.0 Å². The maximum absolute atomic E-state index is 13.2. The number of rotatable bonds is 3. The van der Waals surface area contributed by atoms with Crippen LogP contribution >= 0.6 is 0 Å². The molecule has 1 rings (SSSR count). The third-order valence-corrected chi connectivity index (χ3v) is 2.01. The van der Waals surface area contributed by atoms with Gasteiger partial charge in [0.25, 0.3) is 0 Å². The minimum atomic E-state index is -4.62. The van der Waals surface area contributed by atoms with E-state index in [0.29, 0.717) is 6.07 Å². The van der Waals surface area contributed by atoms with Crippen LogP contribution < -0.4 is 5.32 Å². The van der Waals surface area contributed by atoms with Crippen LogP contribution in [0.25, 0.3) is 0 Å². The van der Waals surface area contributed by atoms with Crippen LogP contribution in [0.3, 0.4) is 0 Å². The average molecular weight is 239 g/mol. The second kappa shape index (κ2) is 4.78. The van der Waals surface area contributed by atoms with Crippen LogP contribution in [0.15, 0.2) is 18.2 Å². The monoisotopic (exact) mass is 239 g/mol. The molecule has 0 aliphatic heterocycles. The third-order valence-electron chi connectivity index (χ3n) is 2.01. The number of halogens is 5. The van der Waals surface area contributed by atoms with Crippen LogP contribution in [0.1, 0.15) is 18.5 Å². The summed E-state index contributed by atoms with van der Waals surface area (Å²) in [5, 5.41) is 2.11. The lowest BCUT2D eigenvalue weighted by atomic mass is 10.1. The van der Waals surface area contributed by atoms with Gasteiger partial charge in [0.2, 0.25) is 0 Å². The zero-order chi connectivity index (χ0) is 12.3. The molecule has 0 radical (unpaired) electrons. The van der Waals surface area contributed by atoms with Crippen LogP contribution in [0.5, 0.6) is 0 Å². The lowest BCUT2D eigenvalue weighted by Gasteiger charge is -2.21. The smallest absolute Gasteiger partial charge is 0.303 e. The fourth-order valence-corrected chi connectivity index (χ4v) is 1.34. The number of hydrogen-bond donors (Lipinski definition) is 1. The Morgan fingerprint density at radius 2 is 1.88 bits per heavy atom. The largest absolute Gasteiger partial charge is 0.408 e. The summed E-state index contributed by atoms with van der Waals surface area (Å²) in [6.45, 7) is 1.50. The molecule has 1 nitrogen and oxygen atoms in total. The number of alkyl halides is 3. The molecule has 1 aromatic rings. The summed E-state index contributed by atoms with van der Waals surface area (Å²) in [4.78, 5) is 0. The van der Waals surface area contributed by atoms with Crippen molar-refractivity contribution in [2.75, 3.05) is 6.54 Å². The van der Waals surface area contributed by atoms with Crippen molar-refractivity contribution in [2.24, 2.45) is 0 Å². The maximum Gasteiger partial charge on any atom is 0.408 e. The van der Waals surface area contributed by atoms with Gasteiger partial charge in [-0.25, -0.2) is 8.78 Å². The maximum atomic E-state index is 13.2. The average Bonchev–Trinajstić information content (AvgIpc) is 2.13. The Balaban J connectivity index is 3.11. The third kappa shape index (κ3) is 2.91. The van der Waals surface area contributed by atoms with Crippen LogP contribution in [0.4, 0.5) is 22.0 Å². The van der Waals surface area contributed by atoms with Crippen LogP contribution in [0.2, 0.25) is 0 Å². The van der Waals surface area contributed by atoms with E-state index < -0.39 is 29.4 Å². The summed E-state index contributed by atoms with van der Waals surface area (Å²) in [6.07, 6.45) is -4.62. The molecular formula is C10H10F5N. The Labute approximate surface area is 89.3 Å². The SMILES string of the molecule is CCNC(c1ccc(F)cc1F)C(F)(F)F. The van der Waals surface area contributed by atoms with Gasteiger partial charge in [0.15, 0.2) is 0 Å². The molecule has 1 N–H and O–H groups in total. The first-order valence-electron chi connectivity index (χ1n) is 4.61. The summed E-state index contributed by atoms with van der Waals surface area (Å²) < 4.78 is 63.4. The summed E-state index contributed by atoms with van der Waals surface area (Å²) >= 11 is 0. The number of benzene rings is 1. The van der Waals surface area contributed by atoms with Gasteiger partial charge in [-0.05, 0) is 12.6 Å². The van der Waals surface area contributed by atoms with E-state index in [9.17, 15) is 22.0 Å². The Morgan fingerprint density at radius 1 is 1.25 bits per heavy atom. The molecule has 0 heterocycles. The Morgan fingerprint density at radius 3 is 2.31 bits per heavy atom. The molecule has 1 aromatic carbocycles. The van der Waals surface area contributed by atoms with Crippen molar-refractivity contribution in [3.05, 3.63) is 35.4 Å². The quantitative estimate of drug-likeness (QED) is 0.799. The molecule has 1 atom stereocenters. The summed E-state index contributed by atoms with van der Waals surface area (Å²) in [6, 6.07) is -0.0797. The molecule has 0 saturated heterocycles. The van der Waals surface area contributed by atoms with E-state index in [4.69, 9.17) is 0 Å². The molecule has 0 spiro atoms. The van der Waals surface area contributed by atoms with Crippen LogP contribution in [-0.2, 0) is 0 Å². The molecule has 0 aromatic heterocycles. The van der Waals surface area contributed by atoms with E-state index in [2.05, 4.69) is 5.32 Å². The normalized spacial score (nSPS) is 13.9. The fraction of sp³-hybridized carbons (Fsp3) is 0.400. The molecule has 0 fully saturated rings. The van der Waals surface area contributed by atoms with Gasteiger partial charge in [-0.1, -0.05) is 13.0 Å². The molecule has 0 aliphatic rings. The first-order valence-corrected chi connectivity index (χ1v) is 4.61. The van der Waals surface area contributed by atoms with Gasteiger partial charge in [0.1, 0.15) is 17.7 Å². The molecule has 0 amide bonds. The highest BCUT2D eigenvalue weighted by molar-refractivity contribution is 5.23. The first-order chi connectivity index (χ1) is 7.36. The van der Waals surface area contributed by atoms with Crippen LogP contribution in [-0.4, -0.2) is 12.7 Å². The van der Waals surface area contributed by atoms with Gasteiger partial charge in [-0.2, -0.15) is 13.2 Å². The lowest BCUT2D eigenvalue weighted by Crippen LogP contribution is -2.34. The highest BCUT2D eigenvalue weighted by Gasteiger charge is 2.41. The first kappa shape index (κ1) is 12.9. The molecule has 16 heavy (non-hydrogen) atoms. The van der Waals surface area contributed by atoms with Crippen molar-refractivity contribution in [1.82, 2.24) is 5.32 Å². The standard InChI is InChI=1S/C10H10F5N/c1-2-16-9(10(13,14)15)7-4-3-6(11)5-8(7)12/h3-5,9,16H,2H2,1H3. The van der Waals surface area contributed by atoms with Gasteiger partial charge < -0.3 is 5.32 Å². The molecular weight excluding hydrogens is 229 g/mol. The van der Waals surface area contributed by atoms with E-state index in [-0.39, 0.29) is 6.54 Å². The van der Waals surface area contributed by atoms with E-state index in [0.717, 1.165) is 12.1 Å². The minimum Gasteiger partial charge on any atom is -0.303 e. The Kier molecular flexibility index (Phi) is 3.85. The molecule has 90 valence electrons. The number of nitrogens with one attached hydrogen (secondary N) is 1. The Hall–Kier alpha value is -1.17. The highest BCUT2D eigenvalue weighted by atomic mass is 19.4. The predicted octanol–water partition coefficient (Wildman–Crippen LogP) is 3.18. The minimum absolute atomic E-state index is 0.0288. The van der Waals surface area contributed by atoms with Crippen LogP contribution in [0, 0.1) is 11.6 Å². The van der Waals surface area contributed by atoms with E-state index >= 15 is 0 Å². The van der Waals surface area contributed by atoms with Crippen molar-refractivity contribution >= 4 is 0 Å². The predicted molar refractivity (Wildman–Crippen MR) is 48.8 cm³/mol. The van der Waals surface area contributed by atoms with E-state index in [1.54, 1.807) is 0 Å². The molecule has 0 bridgehead atoms. The van der Waals surface area contributed by atoms with Gasteiger partial charge in [0.05, 0.1) is 0 Å². The van der Waals surface area contributed by atoms with Crippen molar-refractivity contribution in [3.63, 3.8) is 0 Å². The lowest BCUT2D eigenvalue weighted by molar-refractivity contribution is -0.158. The highest BCUT2D eigenvalue weighted by Crippen LogP contribution is 2.33. The van der Waals surface area contributed by atoms with Gasteiger partial charge in [-0.15, -0.1) is 0 Å². The second-order valence-corrected chi connectivity index (χ2v) is 3.20. The van der Waals surface area contributed by atoms with Gasteiger partial charge >= 0.3 is 6.18 Å². The van der Waals surface area contributed by atoms with E-state index in [1.807, 2.05) is 0 Å². The summed E-state index contributed by atoms with van der Waals surface area (Å²) in [5.41, 5.74) is -0.601. The Bertz CT molecular complexity index is 361. The van der Waals surface area contributed by atoms with Crippen molar-refractivity contribution in [1.29, 1.82) is 0 Å². The zero-order valence-corrected chi connectivity index (χ0v) is 8.41. The van der Waals surface area contributed by atoms with Crippen molar-refractivity contribution in [3.8, 4) is 0 Å². The zero-order valence-electron chi connectivity index (χ0n) is 8.41. The summed E-state index contributed by atoms with van der Waals surface area (Å²) in [5.74, 6) is -2.11. The molecule has 0 aliphatic carbocycles. The van der Waals surface area contributed by atoms with Gasteiger partial charge in [0, 0.05) is 11.6 Å². The van der Waals surface area contributed by atoms with Gasteiger partial charge in [-0.3, -0.25) is 0 Å². The molecule has 1 unspecified atom stereocenters. The van der Waals surface area contributed by atoms with Crippen molar-refractivity contribution < 1.29 is 22.0 Å². The molecule has 0 saturated carbocycles. The van der Waals surface area contributed by atoms with Crippen molar-refractivity contribution in [2.45, 2.75) is 19.1 Å². The fourth-order valence-electron chi connectivity index (χ4n) is 1.34. The number of hydrogen-bond acceptors (Lipinski definition) is 1. The van der Waals surface area contributed by atoms with E-state index in [1.165, 1.54) is 6.92 Å². The summed E-state index contributed by atoms with van der Waals surface area (Å²) in [7, 11) is 0. The second-order valence-electron chi connectivity index (χ2n) is 3.20. The molecule has 6 heteroatoms.